The molecule has 0 amide bonds. The number of thiophene rings is 1. The van der Waals surface area contributed by atoms with Crippen molar-refractivity contribution in [3.8, 4) is 16.8 Å². The molecule has 0 aliphatic heterocycles. The summed E-state index contributed by atoms with van der Waals surface area (Å²) < 4.78 is 5.14. The minimum Gasteiger partial charge on any atom is -0.309 e. The summed E-state index contributed by atoms with van der Waals surface area (Å²) in [5, 5.41) is 5.36. The summed E-state index contributed by atoms with van der Waals surface area (Å²) in [4.78, 5) is 0. The molecule has 38 heavy (non-hydrogen) atoms. The van der Waals surface area contributed by atoms with Crippen molar-refractivity contribution in [1.29, 1.82) is 0 Å². The van der Waals surface area contributed by atoms with Gasteiger partial charge in [-0.1, -0.05) is 94.4 Å². The fraction of sp³-hybridized carbons (Fsp3) is 0.167. The number of fused-ring (bicyclic) bond motifs is 10. The van der Waals surface area contributed by atoms with Gasteiger partial charge in [-0.3, -0.25) is 0 Å². The fourth-order valence-corrected chi connectivity index (χ4v) is 8.01. The summed E-state index contributed by atoms with van der Waals surface area (Å²) in [6, 6.07) is 38.5. The Labute approximate surface area is 227 Å². The smallest absolute Gasteiger partial charge is 0.0541 e. The van der Waals surface area contributed by atoms with Gasteiger partial charge in [0.2, 0.25) is 0 Å². The molecule has 8 rings (SSSR count). The van der Waals surface area contributed by atoms with Crippen LogP contribution in [0.5, 0.6) is 0 Å². The number of hydrogen-bond donors (Lipinski definition) is 0. The molecule has 1 aliphatic rings. The second kappa shape index (κ2) is 7.36. The van der Waals surface area contributed by atoms with Crippen molar-refractivity contribution in [1.82, 2.24) is 4.57 Å². The molecule has 0 atom stereocenters. The van der Waals surface area contributed by atoms with Crippen LogP contribution in [0.15, 0.2) is 103 Å². The average molecular weight is 508 g/mol. The molecule has 1 aliphatic carbocycles. The van der Waals surface area contributed by atoms with E-state index in [-0.39, 0.29) is 10.8 Å². The van der Waals surface area contributed by atoms with Gasteiger partial charge in [-0.25, -0.2) is 0 Å². The zero-order valence-electron chi connectivity index (χ0n) is 22.2. The highest BCUT2D eigenvalue weighted by molar-refractivity contribution is 7.26. The van der Waals surface area contributed by atoms with Crippen LogP contribution in [-0.2, 0) is 10.8 Å². The highest BCUT2D eigenvalue weighted by Gasteiger charge is 2.46. The van der Waals surface area contributed by atoms with E-state index >= 15 is 0 Å². The molecule has 0 spiro atoms. The second-order valence-electron chi connectivity index (χ2n) is 11.8. The Kier molecular flexibility index (Phi) is 4.29. The standard InChI is InChI=1S/C36H29NS/c1-35(2)27-14-8-5-13-25(27)33-28(36(35,3)4)18-20-32-34(33)26-21-22(17-19-31(26)38-32)37-29-15-9-6-11-23(29)24-12-7-10-16-30(24)37/h5-21H,1-4H3. The maximum atomic E-state index is 2.43. The lowest BCUT2D eigenvalue weighted by atomic mass is 9.55. The molecule has 2 aromatic heterocycles. The van der Waals surface area contributed by atoms with E-state index in [4.69, 9.17) is 0 Å². The van der Waals surface area contributed by atoms with Gasteiger partial charge in [-0.15, -0.1) is 11.3 Å². The first-order valence-electron chi connectivity index (χ1n) is 13.5. The first-order valence-corrected chi connectivity index (χ1v) is 14.3. The molecule has 184 valence electrons. The number of benzene rings is 5. The zero-order chi connectivity index (χ0) is 25.8. The zero-order valence-corrected chi connectivity index (χ0v) is 23.0. The van der Waals surface area contributed by atoms with Crippen LogP contribution < -0.4 is 0 Å². The lowest BCUT2D eigenvalue weighted by molar-refractivity contribution is 0.299. The predicted molar refractivity (Wildman–Crippen MR) is 165 cm³/mol. The minimum absolute atomic E-state index is 0.00355. The van der Waals surface area contributed by atoms with Crippen molar-refractivity contribution in [2.45, 2.75) is 38.5 Å². The first-order chi connectivity index (χ1) is 18.4. The molecule has 1 nitrogen and oxygen atoms in total. The Morgan fingerprint density at radius 3 is 1.89 bits per heavy atom. The Bertz CT molecular complexity index is 2030. The van der Waals surface area contributed by atoms with E-state index in [0.29, 0.717) is 0 Å². The van der Waals surface area contributed by atoms with E-state index in [1.807, 2.05) is 11.3 Å². The molecule has 0 saturated heterocycles. The van der Waals surface area contributed by atoms with Gasteiger partial charge < -0.3 is 4.57 Å². The van der Waals surface area contributed by atoms with Crippen molar-refractivity contribution in [3.05, 3.63) is 114 Å². The van der Waals surface area contributed by atoms with E-state index in [1.54, 1.807) is 0 Å². The quantitative estimate of drug-likeness (QED) is 0.208. The first kappa shape index (κ1) is 22.1. The molecule has 0 fully saturated rings. The largest absolute Gasteiger partial charge is 0.309 e. The van der Waals surface area contributed by atoms with Crippen LogP contribution in [0.25, 0.3) is 58.8 Å². The fourth-order valence-electron chi connectivity index (χ4n) is 6.92. The van der Waals surface area contributed by atoms with E-state index in [9.17, 15) is 0 Å². The van der Waals surface area contributed by atoms with Gasteiger partial charge >= 0.3 is 0 Å². The average Bonchev–Trinajstić information content (AvgIpc) is 3.47. The van der Waals surface area contributed by atoms with Crippen molar-refractivity contribution in [3.63, 3.8) is 0 Å². The number of nitrogens with zero attached hydrogens (tertiary/aromatic N) is 1. The highest BCUT2D eigenvalue weighted by atomic mass is 32.1. The molecule has 0 saturated carbocycles. The van der Waals surface area contributed by atoms with Gasteiger partial charge in [-0.2, -0.15) is 0 Å². The Morgan fingerprint density at radius 1 is 0.553 bits per heavy atom. The van der Waals surface area contributed by atoms with Crippen molar-refractivity contribution >= 4 is 53.3 Å². The molecular weight excluding hydrogens is 478 g/mol. The number of para-hydroxylation sites is 2. The monoisotopic (exact) mass is 507 g/mol. The van der Waals surface area contributed by atoms with E-state index in [1.165, 1.54) is 69.9 Å². The van der Waals surface area contributed by atoms with E-state index in [0.717, 1.165) is 0 Å². The summed E-state index contributed by atoms with van der Waals surface area (Å²) in [7, 11) is 0. The third-order valence-corrected chi connectivity index (χ3v) is 10.7. The Balaban J connectivity index is 1.50. The normalized spacial score (nSPS) is 15.8. The third-order valence-electron chi connectivity index (χ3n) is 9.56. The van der Waals surface area contributed by atoms with Crippen LogP contribution in [0, 0.1) is 0 Å². The molecule has 2 heteroatoms. The molecule has 0 unspecified atom stereocenters. The Hall–Kier alpha value is -3.88. The predicted octanol–water partition coefficient (Wildman–Crippen LogP) is 10.4. The third kappa shape index (κ3) is 2.66. The highest BCUT2D eigenvalue weighted by Crippen LogP contribution is 2.56. The SMILES string of the molecule is CC1(C)c2ccccc2-c2c(ccc3sc4ccc(-n5c6ccccc6c6ccccc65)cc4c23)C1(C)C. The van der Waals surface area contributed by atoms with Crippen LogP contribution in [0.1, 0.15) is 38.8 Å². The van der Waals surface area contributed by atoms with Crippen LogP contribution in [0.2, 0.25) is 0 Å². The minimum atomic E-state index is 0.00355. The summed E-state index contributed by atoms with van der Waals surface area (Å²) >= 11 is 1.91. The molecule has 0 bridgehead atoms. The van der Waals surface area contributed by atoms with Gasteiger partial charge in [0.1, 0.15) is 0 Å². The van der Waals surface area contributed by atoms with Gasteiger partial charge in [0.15, 0.2) is 0 Å². The summed E-state index contributed by atoms with van der Waals surface area (Å²) in [5.41, 5.74) is 9.47. The van der Waals surface area contributed by atoms with Crippen molar-refractivity contribution in [2.24, 2.45) is 0 Å². The van der Waals surface area contributed by atoms with Gasteiger partial charge in [0.25, 0.3) is 0 Å². The maximum absolute atomic E-state index is 2.43. The molecule has 0 radical (unpaired) electrons. The summed E-state index contributed by atoms with van der Waals surface area (Å²) in [5.74, 6) is 0. The lowest BCUT2D eigenvalue weighted by Crippen LogP contribution is -2.43. The number of hydrogen-bond acceptors (Lipinski definition) is 1. The molecule has 7 aromatic rings. The summed E-state index contributed by atoms with van der Waals surface area (Å²) in [6.45, 7) is 9.66. The van der Waals surface area contributed by atoms with Gasteiger partial charge in [-0.05, 0) is 69.5 Å². The summed E-state index contributed by atoms with van der Waals surface area (Å²) in [6.07, 6.45) is 0. The van der Waals surface area contributed by atoms with Crippen molar-refractivity contribution in [2.75, 3.05) is 0 Å². The van der Waals surface area contributed by atoms with E-state index < -0.39 is 0 Å². The second-order valence-corrected chi connectivity index (χ2v) is 12.9. The lowest BCUT2D eigenvalue weighted by Gasteiger charge is -2.48. The van der Waals surface area contributed by atoms with Crippen LogP contribution >= 0.6 is 11.3 Å². The maximum Gasteiger partial charge on any atom is 0.0541 e. The van der Waals surface area contributed by atoms with E-state index in [2.05, 4.69) is 135 Å². The van der Waals surface area contributed by atoms with Crippen LogP contribution in [0.4, 0.5) is 0 Å². The van der Waals surface area contributed by atoms with Crippen LogP contribution in [0.3, 0.4) is 0 Å². The molecular formula is C36H29NS. The van der Waals surface area contributed by atoms with Crippen LogP contribution in [-0.4, -0.2) is 4.57 Å². The molecule has 5 aromatic carbocycles. The van der Waals surface area contributed by atoms with Gasteiger partial charge in [0.05, 0.1) is 11.0 Å². The topological polar surface area (TPSA) is 4.93 Å². The van der Waals surface area contributed by atoms with Gasteiger partial charge in [0, 0.05) is 36.6 Å². The number of aromatic nitrogens is 1. The Morgan fingerprint density at radius 2 is 1.16 bits per heavy atom. The number of rotatable bonds is 1. The molecule has 0 N–H and O–H groups in total. The van der Waals surface area contributed by atoms with Crippen molar-refractivity contribution < 1.29 is 0 Å². The molecule has 2 heterocycles.